The molecule has 2 aromatic carbocycles. The highest BCUT2D eigenvalue weighted by Gasteiger charge is 2.11. The van der Waals surface area contributed by atoms with Gasteiger partial charge in [-0.2, -0.15) is 5.26 Å². The summed E-state index contributed by atoms with van der Waals surface area (Å²) in [6, 6.07) is 18.3. The number of allylic oxidation sites excluding steroid dienone is 1. The van der Waals surface area contributed by atoms with Gasteiger partial charge in [0.05, 0.1) is 17.7 Å². The Morgan fingerprint density at radius 2 is 1.91 bits per heavy atom. The normalized spacial score (nSPS) is 11.3. The second-order valence-electron chi connectivity index (χ2n) is 4.66. The first kappa shape index (κ1) is 13.6. The molecular formula is C17H10N2O3. The van der Waals surface area contributed by atoms with Crippen LogP contribution < -0.4 is 0 Å². The van der Waals surface area contributed by atoms with Gasteiger partial charge >= 0.3 is 5.88 Å². The summed E-state index contributed by atoms with van der Waals surface area (Å²) in [7, 11) is 0. The van der Waals surface area contributed by atoms with Crippen molar-refractivity contribution in [2.45, 2.75) is 0 Å². The SMILES string of the molecule is N#C/C(=C/c1ccc([N+](=O)[O-])o1)c1ccc2ccccc2c1. The van der Waals surface area contributed by atoms with E-state index in [2.05, 4.69) is 6.07 Å². The highest BCUT2D eigenvalue weighted by Crippen LogP contribution is 2.24. The molecule has 5 heteroatoms. The standard InChI is InChI=1S/C17H10N2O3/c18-11-15(10-16-7-8-17(22-16)19(20)21)14-6-5-12-3-1-2-4-13(12)9-14/h1-10H/b15-10-. The zero-order valence-corrected chi connectivity index (χ0v) is 11.4. The molecule has 1 heterocycles. The predicted molar refractivity (Wildman–Crippen MR) is 82.8 cm³/mol. The number of nitro groups is 1. The van der Waals surface area contributed by atoms with Gasteiger partial charge in [0.2, 0.25) is 0 Å². The lowest BCUT2D eigenvalue weighted by atomic mass is 10.0. The number of nitriles is 1. The van der Waals surface area contributed by atoms with E-state index < -0.39 is 4.92 Å². The van der Waals surface area contributed by atoms with Crippen LogP contribution in [-0.4, -0.2) is 4.92 Å². The summed E-state index contributed by atoms with van der Waals surface area (Å²) in [5.74, 6) is -0.0709. The first-order chi connectivity index (χ1) is 10.7. The lowest BCUT2D eigenvalue weighted by Gasteiger charge is -2.02. The number of hydrogen-bond acceptors (Lipinski definition) is 4. The Labute approximate surface area is 125 Å². The molecule has 0 unspecified atom stereocenters. The van der Waals surface area contributed by atoms with Gasteiger partial charge in [-0.25, -0.2) is 0 Å². The second-order valence-corrected chi connectivity index (χ2v) is 4.66. The Balaban J connectivity index is 2.03. The van der Waals surface area contributed by atoms with Crippen molar-refractivity contribution < 1.29 is 9.34 Å². The summed E-state index contributed by atoms with van der Waals surface area (Å²) < 4.78 is 5.06. The molecule has 3 rings (SSSR count). The summed E-state index contributed by atoms with van der Waals surface area (Å²) >= 11 is 0. The fourth-order valence-electron chi connectivity index (χ4n) is 2.20. The highest BCUT2D eigenvalue weighted by molar-refractivity contribution is 5.93. The van der Waals surface area contributed by atoms with E-state index in [9.17, 15) is 15.4 Å². The van der Waals surface area contributed by atoms with Gasteiger partial charge in [0.1, 0.15) is 10.7 Å². The average molecular weight is 290 g/mol. The highest BCUT2D eigenvalue weighted by atomic mass is 16.6. The maximum absolute atomic E-state index is 10.6. The van der Waals surface area contributed by atoms with Crippen LogP contribution in [0.15, 0.2) is 59.0 Å². The molecule has 3 aromatic rings. The Kier molecular flexibility index (Phi) is 3.42. The van der Waals surface area contributed by atoms with Crippen molar-refractivity contribution in [3.63, 3.8) is 0 Å². The van der Waals surface area contributed by atoms with E-state index in [0.29, 0.717) is 5.57 Å². The molecule has 22 heavy (non-hydrogen) atoms. The first-order valence-electron chi connectivity index (χ1n) is 6.52. The fraction of sp³-hybridized carbons (Fsp3) is 0. The van der Waals surface area contributed by atoms with Crippen molar-refractivity contribution in [1.82, 2.24) is 0 Å². The van der Waals surface area contributed by atoms with Crippen molar-refractivity contribution in [2.75, 3.05) is 0 Å². The Morgan fingerprint density at radius 1 is 1.14 bits per heavy atom. The number of nitrogens with zero attached hydrogens (tertiary/aromatic N) is 2. The van der Waals surface area contributed by atoms with Gasteiger partial charge in [0, 0.05) is 0 Å². The maximum Gasteiger partial charge on any atom is 0.433 e. The smallest absolute Gasteiger partial charge is 0.401 e. The van der Waals surface area contributed by atoms with Crippen molar-refractivity contribution in [3.8, 4) is 6.07 Å². The van der Waals surface area contributed by atoms with Gasteiger partial charge in [-0.1, -0.05) is 36.4 Å². The number of benzene rings is 2. The summed E-state index contributed by atoms with van der Waals surface area (Å²) in [5, 5.41) is 22.0. The van der Waals surface area contributed by atoms with Crippen molar-refractivity contribution >= 4 is 28.3 Å². The number of hydrogen-bond donors (Lipinski definition) is 0. The molecule has 1 aromatic heterocycles. The van der Waals surface area contributed by atoms with E-state index in [1.54, 1.807) is 0 Å². The largest absolute Gasteiger partial charge is 0.433 e. The van der Waals surface area contributed by atoms with Crippen molar-refractivity contribution in [2.24, 2.45) is 0 Å². The number of rotatable bonds is 3. The van der Waals surface area contributed by atoms with Crippen LogP contribution in [0.1, 0.15) is 11.3 Å². The minimum Gasteiger partial charge on any atom is -0.401 e. The van der Waals surface area contributed by atoms with Gasteiger partial charge in [0.15, 0.2) is 0 Å². The molecule has 0 fully saturated rings. The van der Waals surface area contributed by atoms with Crippen molar-refractivity contribution in [1.29, 1.82) is 5.26 Å². The van der Waals surface area contributed by atoms with Crippen LogP contribution in [0.2, 0.25) is 0 Å². The van der Waals surface area contributed by atoms with Gasteiger partial charge in [0.25, 0.3) is 0 Å². The number of fused-ring (bicyclic) bond motifs is 1. The quantitative estimate of drug-likeness (QED) is 0.406. The average Bonchev–Trinajstić information content (AvgIpc) is 3.01. The zero-order valence-electron chi connectivity index (χ0n) is 11.4. The Bertz CT molecular complexity index is 932. The van der Waals surface area contributed by atoms with E-state index in [1.165, 1.54) is 18.2 Å². The molecular weight excluding hydrogens is 280 g/mol. The Hall–Kier alpha value is -3.39. The summed E-state index contributed by atoms with van der Waals surface area (Å²) in [5.41, 5.74) is 1.12. The zero-order chi connectivity index (χ0) is 15.5. The molecule has 5 nitrogen and oxygen atoms in total. The molecule has 0 aliphatic heterocycles. The van der Waals surface area contributed by atoms with E-state index >= 15 is 0 Å². The van der Waals surface area contributed by atoms with Crippen LogP contribution in [0.3, 0.4) is 0 Å². The van der Waals surface area contributed by atoms with Gasteiger partial charge < -0.3 is 4.42 Å². The number of furan rings is 1. The van der Waals surface area contributed by atoms with Crippen LogP contribution in [0.5, 0.6) is 0 Å². The molecule has 0 aliphatic carbocycles. The lowest BCUT2D eigenvalue weighted by Crippen LogP contribution is -1.83. The van der Waals surface area contributed by atoms with Crippen molar-refractivity contribution in [3.05, 3.63) is 76.0 Å². The van der Waals surface area contributed by atoms with E-state index in [4.69, 9.17) is 4.42 Å². The summed E-state index contributed by atoms with van der Waals surface area (Å²) in [6.07, 6.45) is 1.50. The third kappa shape index (κ3) is 2.58. The molecule has 0 amide bonds. The molecule has 0 radical (unpaired) electrons. The van der Waals surface area contributed by atoms with E-state index in [-0.39, 0.29) is 11.6 Å². The second kappa shape index (κ2) is 5.54. The Morgan fingerprint density at radius 3 is 2.59 bits per heavy atom. The maximum atomic E-state index is 10.6. The van der Waals surface area contributed by atoms with Crippen LogP contribution >= 0.6 is 0 Å². The molecule has 0 saturated heterocycles. The topological polar surface area (TPSA) is 80.1 Å². The molecule has 106 valence electrons. The monoisotopic (exact) mass is 290 g/mol. The summed E-state index contributed by atoms with van der Waals surface area (Å²) in [4.78, 5) is 10.0. The van der Waals surface area contributed by atoms with Gasteiger partial charge in [-0.05, 0) is 34.5 Å². The van der Waals surface area contributed by atoms with E-state index in [1.807, 2.05) is 42.5 Å². The minimum absolute atomic E-state index is 0.274. The fourth-order valence-corrected chi connectivity index (χ4v) is 2.20. The third-order valence-corrected chi connectivity index (χ3v) is 3.26. The molecule has 0 aliphatic rings. The molecule has 0 N–H and O–H groups in total. The van der Waals surface area contributed by atoms with Crippen LogP contribution in [0.4, 0.5) is 5.88 Å². The third-order valence-electron chi connectivity index (χ3n) is 3.26. The van der Waals surface area contributed by atoms with Gasteiger partial charge in [-0.15, -0.1) is 0 Å². The molecule has 0 bridgehead atoms. The molecule has 0 atom stereocenters. The first-order valence-corrected chi connectivity index (χ1v) is 6.52. The van der Waals surface area contributed by atoms with Crippen LogP contribution in [0.25, 0.3) is 22.4 Å². The van der Waals surface area contributed by atoms with Crippen LogP contribution in [0, 0.1) is 21.4 Å². The summed E-state index contributed by atoms with van der Waals surface area (Å²) in [6.45, 7) is 0. The molecule has 0 saturated carbocycles. The van der Waals surface area contributed by atoms with Crippen LogP contribution in [-0.2, 0) is 0 Å². The minimum atomic E-state index is -0.612. The molecule has 0 spiro atoms. The lowest BCUT2D eigenvalue weighted by molar-refractivity contribution is -0.402. The predicted octanol–water partition coefficient (Wildman–Crippen LogP) is 4.41. The van der Waals surface area contributed by atoms with E-state index in [0.717, 1.165) is 16.3 Å². The van der Waals surface area contributed by atoms with Gasteiger partial charge in [-0.3, -0.25) is 10.1 Å².